The second-order valence-electron chi connectivity index (χ2n) is 5.24. The van der Waals surface area contributed by atoms with Crippen molar-refractivity contribution in [2.24, 2.45) is 5.92 Å². The quantitative estimate of drug-likeness (QED) is 0.900. The minimum atomic E-state index is 0.750. The number of anilines is 1. The molecular formula is C15H23BrN2O. The van der Waals surface area contributed by atoms with Crippen molar-refractivity contribution in [1.82, 2.24) is 5.32 Å². The monoisotopic (exact) mass is 326 g/mol. The highest BCUT2D eigenvalue weighted by atomic mass is 79.9. The van der Waals surface area contributed by atoms with Crippen LogP contribution in [0.15, 0.2) is 22.7 Å². The molecule has 1 N–H and O–H groups in total. The average Bonchev–Trinajstić information content (AvgIpc) is 2.42. The molecule has 106 valence electrons. The van der Waals surface area contributed by atoms with E-state index < -0.39 is 0 Å². The summed E-state index contributed by atoms with van der Waals surface area (Å²) in [6.45, 7) is 3.85. The van der Waals surface area contributed by atoms with Gasteiger partial charge in [0.05, 0.1) is 0 Å². The molecule has 1 aromatic carbocycles. The summed E-state index contributed by atoms with van der Waals surface area (Å²) in [4.78, 5) is 2.38. The van der Waals surface area contributed by atoms with E-state index >= 15 is 0 Å². The Morgan fingerprint density at radius 1 is 1.37 bits per heavy atom. The lowest BCUT2D eigenvalue weighted by molar-refractivity contribution is 0.0685. The van der Waals surface area contributed by atoms with Crippen LogP contribution in [0.3, 0.4) is 0 Å². The molecule has 0 spiro atoms. The van der Waals surface area contributed by atoms with Crippen molar-refractivity contribution < 1.29 is 4.74 Å². The van der Waals surface area contributed by atoms with Crippen LogP contribution in [0.5, 0.6) is 0 Å². The second-order valence-corrected chi connectivity index (χ2v) is 6.16. The molecule has 1 aliphatic rings. The molecule has 1 heterocycles. The molecule has 0 radical (unpaired) electrons. The molecule has 4 heteroatoms. The Kier molecular flexibility index (Phi) is 5.67. The van der Waals surface area contributed by atoms with Crippen LogP contribution in [0.2, 0.25) is 0 Å². The van der Waals surface area contributed by atoms with E-state index in [0.717, 1.165) is 36.7 Å². The zero-order valence-electron chi connectivity index (χ0n) is 11.8. The van der Waals surface area contributed by atoms with Crippen LogP contribution in [0, 0.1) is 5.92 Å². The van der Waals surface area contributed by atoms with Gasteiger partial charge in [-0.15, -0.1) is 0 Å². The molecule has 1 aromatic rings. The molecule has 1 fully saturated rings. The molecule has 0 aromatic heterocycles. The van der Waals surface area contributed by atoms with E-state index in [-0.39, 0.29) is 0 Å². The summed E-state index contributed by atoms with van der Waals surface area (Å²) in [7, 11) is 4.18. The zero-order valence-corrected chi connectivity index (χ0v) is 13.4. The standard InChI is InChI=1S/C15H23BrN2O/c1-17-10-13-3-4-14(16)9-15(13)18(2)11-12-5-7-19-8-6-12/h3-4,9,12,17H,5-8,10-11H2,1-2H3. The molecule has 0 aliphatic carbocycles. The van der Waals surface area contributed by atoms with Gasteiger partial charge in [0.2, 0.25) is 0 Å². The molecule has 2 rings (SSSR count). The van der Waals surface area contributed by atoms with Crippen molar-refractivity contribution in [2.75, 3.05) is 38.8 Å². The number of hydrogen-bond acceptors (Lipinski definition) is 3. The third-order valence-electron chi connectivity index (χ3n) is 3.70. The smallest absolute Gasteiger partial charge is 0.0469 e. The van der Waals surface area contributed by atoms with Gasteiger partial charge in [-0.05, 0) is 43.5 Å². The van der Waals surface area contributed by atoms with Crippen LogP contribution < -0.4 is 10.2 Å². The van der Waals surface area contributed by atoms with Crippen LogP contribution in [-0.2, 0) is 11.3 Å². The Hall–Kier alpha value is -0.580. The van der Waals surface area contributed by atoms with E-state index in [9.17, 15) is 0 Å². The molecular weight excluding hydrogens is 304 g/mol. The van der Waals surface area contributed by atoms with Crippen molar-refractivity contribution in [1.29, 1.82) is 0 Å². The summed E-state index contributed by atoms with van der Waals surface area (Å²) < 4.78 is 6.57. The van der Waals surface area contributed by atoms with Crippen LogP contribution >= 0.6 is 15.9 Å². The van der Waals surface area contributed by atoms with Gasteiger partial charge in [0.25, 0.3) is 0 Å². The van der Waals surface area contributed by atoms with E-state index in [1.54, 1.807) is 0 Å². The van der Waals surface area contributed by atoms with Gasteiger partial charge in [0.1, 0.15) is 0 Å². The molecule has 3 nitrogen and oxygen atoms in total. The maximum Gasteiger partial charge on any atom is 0.0469 e. The van der Waals surface area contributed by atoms with Crippen molar-refractivity contribution in [3.8, 4) is 0 Å². The number of halogens is 1. The maximum absolute atomic E-state index is 5.43. The predicted molar refractivity (Wildman–Crippen MR) is 83.7 cm³/mol. The van der Waals surface area contributed by atoms with Gasteiger partial charge in [0.15, 0.2) is 0 Å². The van der Waals surface area contributed by atoms with Gasteiger partial charge >= 0.3 is 0 Å². The Labute approximate surface area is 124 Å². The Morgan fingerprint density at radius 2 is 2.11 bits per heavy atom. The Bertz CT molecular complexity index is 405. The van der Waals surface area contributed by atoms with E-state index in [0.29, 0.717) is 0 Å². The van der Waals surface area contributed by atoms with E-state index in [1.165, 1.54) is 24.1 Å². The van der Waals surface area contributed by atoms with Crippen molar-refractivity contribution in [2.45, 2.75) is 19.4 Å². The number of rotatable bonds is 5. The van der Waals surface area contributed by atoms with Crippen LogP contribution in [-0.4, -0.2) is 33.9 Å². The van der Waals surface area contributed by atoms with Gasteiger partial charge in [0, 0.05) is 43.5 Å². The summed E-state index contributed by atoms with van der Waals surface area (Å²) in [6, 6.07) is 6.51. The lowest BCUT2D eigenvalue weighted by atomic mass is 9.99. The molecule has 0 unspecified atom stereocenters. The molecule has 1 saturated heterocycles. The first kappa shape index (κ1) is 14.8. The SMILES string of the molecule is CNCc1ccc(Br)cc1N(C)CC1CCOCC1. The number of nitrogens with zero attached hydrogens (tertiary/aromatic N) is 1. The number of hydrogen-bond donors (Lipinski definition) is 1. The Balaban J connectivity index is 2.07. The largest absolute Gasteiger partial charge is 0.381 e. The van der Waals surface area contributed by atoms with E-state index in [2.05, 4.69) is 51.4 Å². The lowest BCUT2D eigenvalue weighted by Crippen LogP contribution is -2.30. The summed E-state index contributed by atoms with van der Waals surface area (Å²) in [5.41, 5.74) is 2.66. The molecule has 0 bridgehead atoms. The normalized spacial score (nSPS) is 16.6. The molecule has 19 heavy (non-hydrogen) atoms. The van der Waals surface area contributed by atoms with Crippen LogP contribution in [0.4, 0.5) is 5.69 Å². The molecule has 0 amide bonds. The second kappa shape index (κ2) is 7.27. The highest BCUT2D eigenvalue weighted by Gasteiger charge is 2.17. The van der Waals surface area contributed by atoms with Crippen LogP contribution in [0.25, 0.3) is 0 Å². The lowest BCUT2D eigenvalue weighted by Gasteiger charge is -2.30. The average molecular weight is 327 g/mol. The minimum Gasteiger partial charge on any atom is -0.381 e. The third-order valence-corrected chi connectivity index (χ3v) is 4.19. The summed E-state index contributed by atoms with van der Waals surface area (Å²) in [6.07, 6.45) is 2.36. The fourth-order valence-corrected chi connectivity index (χ4v) is 3.00. The van der Waals surface area contributed by atoms with Crippen molar-refractivity contribution >= 4 is 21.6 Å². The number of ether oxygens (including phenoxy) is 1. The highest BCUT2D eigenvalue weighted by Crippen LogP contribution is 2.26. The summed E-state index contributed by atoms with van der Waals surface area (Å²) in [5.74, 6) is 0.750. The van der Waals surface area contributed by atoms with Gasteiger partial charge < -0.3 is 15.0 Å². The first-order valence-electron chi connectivity index (χ1n) is 6.92. The number of nitrogens with one attached hydrogen (secondary N) is 1. The molecule has 1 aliphatic heterocycles. The maximum atomic E-state index is 5.43. The third kappa shape index (κ3) is 4.20. The first-order valence-corrected chi connectivity index (χ1v) is 7.72. The Morgan fingerprint density at radius 3 is 2.79 bits per heavy atom. The van der Waals surface area contributed by atoms with Crippen molar-refractivity contribution in [3.63, 3.8) is 0 Å². The first-order chi connectivity index (χ1) is 9.20. The number of benzene rings is 1. The summed E-state index contributed by atoms with van der Waals surface area (Å²) in [5, 5.41) is 3.24. The fourth-order valence-electron chi connectivity index (χ4n) is 2.65. The van der Waals surface area contributed by atoms with E-state index in [1.807, 2.05) is 7.05 Å². The summed E-state index contributed by atoms with van der Waals surface area (Å²) >= 11 is 3.57. The molecule has 0 saturated carbocycles. The van der Waals surface area contributed by atoms with E-state index in [4.69, 9.17) is 4.74 Å². The topological polar surface area (TPSA) is 24.5 Å². The van der Waals surface area contributed by atoms with Gasteiger partial charge in [-0.2, -0.15) is 0 Å². The van der Waals surface area contributed by atoms with Gasteiger partial charge in [-0.25, -0.2) is 0 Å². The van der Waals surface area contributed by atoms with Crippen LogP contribution in [0.1, 0.15) is 18.4 Å². The van der Waals surface area contributed by atoms with Gasteiger partial charge in [-0.3, -0.25) is 0 Å². The van der Waals surface area contributed by atoms with Crippen molar-refractivity contribution in [3.05, 3.63) is 28.2 Å². The highest BCUT2D eigenvalue weighted by molar-refractivity contribution is 9.10. The predicted octanol–water partition coefficient (Wildman–Crippen LogP) is 3.03. The van der Waals surface area contributed by atoms with Gasteiger partial charge in [-0.1, -0.05) is 22.0 Å². The minimum absolute atomic E-state index is 0.750. The molecule has 0 atom stereocenters. The zero-order chi connectivity index (χ0) is 13.7. The fraction of sp³-hybridized carbons (Fsp3) is 0.600.